The highest BCUT2D eigenvalue weighted by molar-refractivity contribution is 6.09. The maximum atomic E-state index is 13.7. The summed E-state index contributed by atoms with van der Waals surface area (Å²) in [6.07, 6.45) is -0.812. The van der Waals surface area contributed by atoms with Crippen LogP contribution in [0.15, 0.2) is 46.6 Å². The number of rotatable bonds is 5. The number of alkyl halides is 2. The molecule has 2 fully saturated rings. The molecular formula is C26H25F4N5O4. The average molecular weight is 548 g/mol. The van der Waals surface area contributed by atoms with Crippen LogP contribution in [0.2, 0.25) is 0 Å². The molecule has 0 aliphatic carbocycles. The summed E-state index contributed by atoms with van der Waals surface area (Å²) in [5, 5.41) is 14.9. The number of nitrogens with zero attached hydrogens (tertiary/aromatic N) is 4. The third-order valence-corrected chi connectivity index (χ3v) is 7.18. The number of pyridine rings is 1. The average Bonchev–Trinajstić information content (AvgIpc) is 3.37. The molecule has 2 aliphatic heterocycles. The second-order valence-electron chi connectivity index (χ2n) is 9.73. The van der Waals surface area contributed by atoms with Crippen molar-refractivity contribution in [3.63, 3.8) is 0 Å². The van der Waals surface area contributed by atoms with Crippen molar-refractivity contribution in [3.05, 3.63) is 63.4 Å². The molecule has 2 aromatic heterocycles. The number of amides is 1. The third-order valence-electron chi connectivity index (χ3n) is 7.18. The molecule has 0 radical (unpaired) electrons. The summed E-state index contributed by atoms with van der Waals surface area (Å²) in [4.78, 5) is 32.4. The monoisotopic (exact) mass is 547 g/mol. The second kappa shape index (κ2) is 10.2. The molecule has 3 aromatic rings. The zero-order chi connectivity index (χ0) is 27.9. The molecule has 0 spiro atoms. The highest BCUT2D eigenvalue weighted by atomic mass is 19.3. The molecule has 0 bridgehead atoms. The van der Waals surface area contributed by atoms with Crippen molar-refractivity contribution >= 4 is 39.9 Å². The first-order chi connectivity index (χ1) is 18.5. The Labute approximate surface area is 220 Å². The summed E-state index contributed by atoms with van der Waals surface area (Å²) in [5.41, 5.74) is 0.878. The van der Waals surface area contributed by atoms with Crippen molar-refractivity contribution in [3.8, 4) is 0 Å². The summed E-state index contributed by atoms with van der Waals surface area (Å²) in [6.45, 7) is 1.95. The van der Waals surface area contributed by atoms with Gasteiger partial charge in [0.15, 0.2) is 11.4 Å². The van der Waals surface area contributed by atoms with E-state index in [-0.39, 0.29) is 85.8 Å². The van der Waals surface area contributed by atoms with Crippen molar-refractivity contribution in [2.45, 2.75) is 38.5 Å². The number of anilines is 3. The minimum absolute atomic E-state index is 0.0273. The van der Waals surface area contributed by atoms with Gasteiger partial charge in [-0.05, 0) is 43.5 Å². The van der Waals surface area contributed by atoms with Crippen LogP contribution in [0.5, 0.6) is 0 Å². The number of nitrogens with one attached hydrogen (secondary N) is 1. The lowest BCUT2D eigenvalue weighted by molar-refractivity contribution is -0.385. The molecule has 0 atom stereocenters. The lowest BCUT2D eigenvalue weighted by Gasteiger charge is -2.32. The predicted molar refractivity (Wildman–Crippen MR) is 137 cm³/mol. The largest absolute Gasteiger partial charge is 0.460 e. The van der Waals surface area contributed by atoms with Crippen LogP contribution in [0.1, 0.15) is 41.6 Å². The van der Waals surface area contributed by atoms with Crippen LogP contribution in [-0.4, -0.2) is 47.9 Å². The lowest BCUT2D eigenvalue weighted by atomic mass is 10.0. The molecule has 2 saturated heterocycles. The van der Waals surface area contributed by atoms with Gasteiger partial charge in [-0.2, -0.15) is 8.78 Å². The minimum atomic E-state index is -2.75. The number of piperidine rings is 2. The highest BCUT2D eigenvalue weighted by Gasteiger charge is 2.35. The summed E-state index contributed by atoms with van der Waals surface area (Å²) >= 11 is 0. The fraction of sp³-hybridized carbons (Fsp3) is 0.385. The van der Waals surface area contributed by atoms with Gasteiger partial charge >= 0.3 is 0 Å². The van der Waals surface area contributed by atoms with Crippen LogP contribution in [-0.2, 0) is 0 Å². The molecular weight excluding hydrogens is 522 g/mol. The topological polar surface area (TPSA) is 105 Å². The number of furan rings is 1. The standard InChI is InChI=1S/C26H25F4N5O4/c1-15-12-18(20(14-19(15)35(37)38)33-7-2-16(3-8-33)23(27)28)25(36)32-21-13-17-4-11-39-22(17)24(31-21)34-9-5-26(29,30)6-10-34/h4,11-14H,2-3,5-10H2,1H3,(H,31,32,36). The fourth-order valence-corrected chi connectivity index (χ4v) is 5.00. The number of nitro groups is 1. The molecule has 13 heteroatoms. The predicted octanol–water partition coefficient (Wildman–Crippen LogP) is 6.28. The Morgan fingerprint density at radius 2 is 1.79 bits per heavy atom. The third kappa shape index (κ3) is 5.38. The molecule has 4 heterocycles. The molecule has 0 saturated carbocycles. The number of carbonyl (C=O) groups excluding carboxylic acids is 1. The highest BCUT2D eigenvalue weighted by Crippen LogP contribution is 2.36. The smallest absolute Gasteiger partial charge is 0.274 e. The number of carbonyl (C=O) groups is 1. The molecule has 5 rings (SSSR count). The zero-order valence-electron chi connectivity index (χ0n) is 21.0. The Morgan fingerprint density at radius 3 is 2.44 bits per heavy atom. The van der Waals surface area contributed by atoms with E-state index in [2.05, 4.69) is 10.3 Å². The number of aromatic nitrogens is 1. The molecule has 1 amide bonds. The normalized spacial score (nSPS) is 17.4. The van der Waals surface area contributed by atoms with Gasteiger partial charge in [0.25, 0.3) is 23.6 Å². The molecule has 0 unspecified atom stereocenters. The Morgan fingerprint density at radius 1 is 1.10 bits per heavy atom. The number of halogens is 4. The number of aryl methyl sites for hydroxylation is 1. The summed E-state index contributed by atoms with van der Waals surface area (Å²) in [6, 6.07) is 5.93. The number of nitro benzene ring substituents is 1. The van der Waals surface area contributed by atoms with Crippen LogP contribution < -0.4 is 15.1 Å². The zero-order valence-corrected chi connectivity index (χ0v) is 21.0. The van der Waals surface area contributed by atoms with E-state index in [0.717, 1.165) is 0 Å². The van der Waals surface area contributed by atoms with Crippen LogP contribution in [0, 0.1) is 17.0 Å². The molecule has 9 nitrogen and oxygen atoms in total. The van der Waals surface area contributed by atoms with Gasteiger partial charge < -0.3 is 19.5 Å². The first-order valence-corrected chi connectivity index (χ1v) is 12.4. The lowest BCUT2D eigenvalue weighted by Crippen LogP contribution is -2.39. The Hall–Kier alpha value is -4.16. The van der Waals surface area contributed by atoms with Crippen molar-refractivity contribution < 1.29 is 31.7 Å². The Kier molecular flexibility index (Phi) is 6.91. The van der Waals surface area contributed by atoms with Crippen molar-refractivity contribution in [2.24, 2.45) is 0 Å². The van der Waals surface area contributed by atoms with E-state index in [1.54, 1.807) is 21.9 Å². The van der Waals surface area contributed by atoms with Gasteiger partial charge in [-0.1, -0.05) is 0 Å². The quantitative estimate of drug-likeness (QED) is 0.228. The van der Waals surface area contributed by atoms with E-state index >= 15 is 0 Å². The first kappa shape index (κ1) is 26.4. The van der Waals surface area contributed by atoms with Gasteiger partial charge in [-0.15, -0.1) is 0 Å². The molecule has 1 N–H and O–H groups in total. The van der Waals surface area contributed by atoms with E-state index in [1.165, 1.54) is 25.3 Å². The van der Waals surface area contributed by atoms with E-state index in [4.69, 9.17) is 4.42 Å². The molecule has 2 aliphatic rings. The van der Waals surface area contributed by atoms with Crippen LogP contribution in [0.3, 0.4) is 0 Å². The molecule has 1 aromatic carbocycles. The van der Waals surface area contributed by atoms with Crippen LogP contribution in [0.4, 0.5) is 40.6 Å². The fourth-order valence-electron chi connectivity index (χ4n) is 5.00. The number of fused-ring (bicyclic) bond motifs is 1. The first-order valence-electron chi connectivity index (χ1n) is 12.4. The van der Waals surface area contributed by atoms with Gasteiger partial charge in [0.2, 0.25) is 0 Å². The summed E-state index contributed by atoms with van der Waals surface area (Å²) in [5.74, 6) is -2.89. The van der Waals surface area contributed by atoms with Gasteiger partial charge in [0.05, 0.1) is 22.4 Å². The van der Waals surface area contributed by atoms with E-state index in [0.29, 0.717) is 16.8 Å². The Balaban J connectivity index is 1.47. The molecule has 39 heavy (non-hydrogen) atoms. The van der Waals surface area contributed by atoms with Crippen LogP contribution >= 0.6 is 0 Å². The number of hydrogen-bond donors (Lipinski definition) is 1. The van der Waals surface area contributed by atoms with E-state index in [9.17, 15) is 32.5 Å². The number of benzene rings is 1. The maximum absolute atomic E-state index is 13.7. The van der Waals surface area contributed by atoms with Crippen molar-refractivity contribution in [1.29, 1.82) is 0 Å². The summed E-state index contributed by atoms with van der Waals surface area (Å²) in [7, 11) is 0. The minimum Gasteiger partial charge on any atom is -0.460 e. The number of hydrogen-bond acceptors (Lipinski definition) is 7. The van der Waals surface area contributed by atoms with Crippen molar-refractivity contribution in [1.82, 2.24) is 4.98 Å². The Bertz CT molecular complexity index is 1460. The van der Waals surface area contributed by atoms with E-state index in [1.807, 2.05) is 0 Å². The summed E-state index contributed by atoms with van der Waals surface area (Å²) < 4.78 is 59.2. The van der Waals surface area contributed by atoms with Gasteiger partial charge in [0.1, 0.15) is 5.82 Å². The maximum Gasteiger partial charge on any atom is 0.274 e. The van der Waals surface area contributed by atoms with Gasteiger partial charge in [0, 0.05) is 56.0 Å². The van der Waals surface area contributed by atoms with Gasteiger partial charge in [-0.25, -0.2) is 13.8 Å². The van der Waals surface area contributed by atoms with E-state index < -0.39 is 22.8 Å². The second-order valence-corrected chi connectivity index (χ2v) is 9.73. The van der Waals surface area contributed by atoms with Crippen LogP contribution in [0.25, 0.3) is 11.0 Å². The van der Waals surface area contributed by atoms with Gasteiger partial charge in [-0.3, -0.25) is 14.9 Å². The molecule has 206 valence electrons. The SMILES string of the molecule is Cc1cc(C(=O)Nc2cc3ccoc3c(N3CCC(F)(F)CC3)n2)c(N2CCC(=C(F)F)CC2)cc1[N+](=O)[O-]. The van der Waals surface area contributed by atoms with Crippen molar-refractivity contribution in [2.75, 3.05) is 41.3 Å².